The van der Waals surface area contributed by atoms with Crippen LogP contribution in [0.2, 0.25) is 0 Å². The van der Waals surface area contributed by atoms with Crippen molar-refractivity contribution in [3.8, 4) is 0 Å². The van der Waals surface area contributed by atoms with Gasteiger partial charge in [0.1, 0.15) is 0 Å². The Labute approximate surface area is 111 Å². The summed E-state index contributed by atoms with van der Waals surface area (Å²) in [6, 6.07) is 10.8. The highest BCUT2D eigenvalue weighted by atomic mass is 16.5. The van der Waals surface area contributed by atoms with Crippen LogP contribution in [0, 0.1) is 5.41 Å². The number of hydrogen-bond acceptors (Lipinski definition) is 1. The summed E-state index contributed by atoms with van der Waals surface area (Å²) in [6.07, 6.45) is 4.68. The van der Waals surface area contributed by atoms with Gasteiger partial charge in [-0.1, -0.05) is 30.3 Å². The van der Waals surface area contributed by atoms with Crippen LogP contribution in [-0.2, 0) is 11.2 Å². The van der Waals surface area contributed by atoms with Gasteiger partial charge in [-0.05, 0) is 44.1 Å². The maximum absolute atomic E-state index is 5.88. The van der Waals surface area contributed by atoms with Crippen molar-refractivity contribution in [2.24, 2.45) is 5.41 Å². The normalized spacial score (nSPS) is 27.1. The summed E-state index contributed by atoms with van der Waals surface area (Å²) in [5.74, 6) is 0. The minimum Gasteiger partial charge on any atom is -0.376 e. The second-order valence-corrected chi connectivity index (χ2v) is 6.30. The molecule has 1 fully saturated rings. The van der Waals surface area contributed by atoms with Crippen molar-refractivity contribution >= 4 is 0 Å². The van der Waals surface area contributed by atoms with Crippen molar-refractivity contribution in [1.29, 1.82) is 0 Å². The van der Waals surface area contributed by atoms with Crippen LogP contribution in [0.25, 0.3) is 0 Å². The van der Waals surface area contributed by atoms with E-state index in [1.54, 1.807) is 0 Å². The zero-order chi connectivity index (χ0) is 13.1. The lowest BCUT2D eigenvalue weighted by Gasteiger charge is -2.44. The second-order valence-electron chi connectivity index (χ2n) is 6.30. The molecule has 1 heterocycles. The summed E-state index contributed by atoms with van der Waals surface area (Å²) in [5, 5.41) is 0. The molecule has 0 saturated carbocycles. The van der Waals surface area contributed by atoms with Crippen LogP contribution in [0.3, 0.4) is 0 Å². The molecule has 1 aromatic carbocycles. The third kappa shape index (κ3) is 3.33. The lowest BCUT2D eigenvalue weighted by atomic mass is 9.68. The van der Waals surface area contributed by atoms with Gasteiger partial charge >= 0.3 is 0 Å². The van der Waals surface area contributed by atoms with E-state index in [0.717, 1.165) is 26.0 Å². The molecule has 18 heavy (non-hydrogen) atoms. The van der Waals surface area contributed by atoms with E-state index >= 15 is 0 Å². The monoisotopic (exact) mass is 248 g/mol. The molecule has 0 aliphatic carbocycles. The summed E-state index contributed by atoms with van der Waals surface area (Å²) in [7, 11) is 0. The maximum atomic E-state index is 5.88. The highest BCUT2D eigenvalue weighted by molar-refractivity contribution is 5.17. The minimum atomic E-state index is 0.0161. The number of quaternary nitrogens is 1. The molecule has 1 aliphatic rings. The summed E-state index contributed by atoms with van der Waals surface area (Å²) >= 11 is 0. The highest BCUT2D eigenvalue weighted by Crippen LogP contribution is 2.43. The molecule has 0 amide bonds. The van der Waals surface area contributed by atoms with E-state index in [-0.39, 0.29) is 5.60 Å². The van der Waals surface area contributed by atoms with Gasteiger partial charge in [0.05, 0.1) is 12.1 Å². The highest BCUT2D eigenvalue weighted by Gasteiger charge is 2.40. The first kappa shape index (κ1) is 13.6. The molecule has 1 aromatic rings. The number of rotatable bonds is 4. The van der Waals surface area contributed by atoms with Crippen molar-refractivity contribution in [3.05, 3.63) is 35.9 Å². The lowest BCUT2D eigenvalue weighted by molar-refractivity contribution is -0.374. The average Bonchev–Trinajstić information content (AvgIpc) is 2.29. The van der Waals surface area contributed by atoms with E-state index in [2.05, 4.69) is 49.9 Å². The van der Waals surface area contributed by atoms with Gasteiger partial charge in [0.25, 0.3) is 0 Å². The lowest BCUT2D eigenvalue weighted by Crippen LogP contribution is -2.54. The van der Waals surface area contributed by atoms with E-state index in [9.17, 15) is 0 Å². The molecule has 3 N–H and O–H groups in total. The van der Waals surface area contributed by atoms with Gasteiger partial charge in [-0.15, -0.1) is 0 Å². The zero-order valence-corrected chi connectivity index (χ0v) is 11.7. The van der Waals surface area contributed by atoms with Gasteiger partial charge in [0.15, 0.2) is 0 Å². The Kier molecular flexibility index (Phi) is 4.08. The third-order valence-corrected chi connectivity index (χ3v) is 4.05. The van der Waals surface area contributed by atoms with Gasteiger partial charge < -0.3 is 10.5 Å². The van der Waals surface area contributed by atoms with Crippen LogP contribution in [0.15, 0.2) is 30.3 Å². The summed E-state index contributed by atoms with van der Waals surface area (Å²) in [5.41, 5.74) is 5.92. The molecule has 1 saturated heterocycles. The van der Waals surface area contributed by atoms with Gasteiger partial charge in [-0.3, -0.25) is 0 Å². The van der Waals surface area contributed by atoms with Crippen molar-refractivity contribution in [1.82, 2.24) is 0 Å². The first-order valence-electron chi connectivity index (χ1n) is 7.02. The topological polar surface area (TPSA) is 36.9 Å². The Morgan fingerprint density at radius 1 is 1.22 bits per heavy atom. The Morgan fingerprint density at radius 3 is 2.56 bits per heavy atom. The van der Waals surface area contributed by atoms with Crippen LogP contribution in [0.5, 0.6) is 0 Å². The largest absolute Gasteiger partial charge is 0.376 e. The SMILES string of the molecule is CC1(C)CC(CC[NH3+])(Cc2ccccc2)CCO1. The Balaban J connectivity index is 2.16. The van der Waals surface area contributed by atoms with Gasteiger partial charge in [0.2, 0.25) is 0 Å². The van der Waals surface area contributed by atoms with Gasteiger partial charge in [0, 0.05) is 13.0 Å². The van der Waals surface area contributed by atoms with Crippen molar-refractivity contribution in [2.75, 3.05) is 13.2 Å². The molecule has 0 aromatic heterocycles. The predicted octanol–water partition coefficient (Wildman–Crippen LogP) is 2.44. The molecular weight excluding hydrogens is 222 g/mol. The first-order chi connectivity index (χ1) is 8.55. The zero-order valence-electron chi connectivity index (χ0n) is 11.7. The second kappa shape index (κ2) is 5.41. The third-order valence-electron chi connectivity index (χ3n) is 4.05. The Hall–Kier alpha value is -0.860. The van der Waals surface area contributed by atoms with E-state index in [4.69, 9.17) is 4.74 Å². The molecule has 1 unspecified atom stereocenters. The molecule has 2 nitrogen and oxygen atoms in total. The fourth-order valence-electron chi connectivity index (χ4n) is 3.44. The molecule has 2 heteroatoms. The quantitative estimate of drug-likeness (QED) is 0.873. The van der Waals surface area contributed by atoms with Crippen LogP contribution in [0.1, 0.15) is 38.7 Å². The molecule has 1 atom stereocenters. The number of benzene rings is 1. The van der Waals surface area contributed by atoms with E-state index in [0.29, 0.717) is 5.41 Å². The molecular formula is C16H26NO+. The number of ether oxygens (including phenoxy) is 1. The van der Waals surface area contributed by atoms with Crippen LogP contribution < -0.4 is 5.73 Å². The molecule has 0 spiro atoms. The maximum Gasteiger partial charge on any atom is 0.0745 e. The summed E-state index contributed by atoms with van der Waals surface area (Å²) in [6.45, 7) is 6.34. The van der Waals surface area contributed by atoms with Gasteiger partial charge in [-0.25, -0.2) is 0 Å². The van der Waals surface area contributed by atoms with E-state index in [1.807, 2.05) is 0 Å². The van der Waals surface area contributed by atoms with E-state index in [1.165, 1.54) is 18.4 Å². The fraction of sp³-hybridized carbons (Fsp3) is 0.625. The molecule has 1 aliphatic heterocycles. The van der Waals surface area contributed by atoms with Crippen LogP contribution in [0.4, 0.5) is 0 Å². The van der Waals surface area contributed by atoms with Crippen molar-refractivity contribution in [3.63, 3.8) is 0 Å². The number of hydrogen-bond donors (Lipinski definition) is 1. The molecule has 0 bridgehead atoms. The van der Waals surface area contributed by atoms with Crippen molar-refractivity contribution < 1.29 is 10.5 Å². The minimum absolute atomic E-state index is 0.0161. The first-order valence-corrected chi connectivity index (χ1v) is 7.02. The smallest absolute Gasteiger partial charge is 0.0745 e. The molecule has 100 valence electrons. The predicted molar refractivity (Wildman–Crippen MR) is 74.2 cm³/mol. The average molecular weight is 248 g/mol. The Bertz CT molecular complexity index is 370. The molecule has 0 radical (unpaired) electrons. The molecule has 2 rings (SSSR count). The van der Waals surface area contributed by atoms with Crippen LogP contribution >= 0.6 is 0 Å². The van der Waals surface area contributed by atoms with Crippen LogP contribution in [-0.4, -0.2) is 18.8 Å². The van der Waals surface area contributed by atoms with E-state index < -0.39 is 0 Å². The Morgan fingerprint density at radius 2 is 1.94 bits per heavy atom. The fourth-order valence-corrected chi connectivity index (χ4v) is 3.44. The standard InChI is InChI=1S/C16H25NO/c1-15(2)13-16(8-10-17,9-11-18-15)12-14-6-4-3-5-7-14/h3-7H,8-13,17H2,1-2H3/p+1. The summed E-state index contributed by atoms with van der Waals surface area (Å²) in [4.78, 5) is 0. The van der Waals surface area contributed by atoms with Gasteiger partial charge in [-0.2, -0.15) is 0 Å². The summed E-state index contributed by atoms with van der Waals surface area (Å²) < 4.78 is 5.88. The van der Waals surface area contributed by atoms with Crippen molar-refractivity contribution in [2.45, 2.75) is 45.1 Å².